The molecule has 1 aliphatic rings. The Kier molecular flexibility index (Phi) is 8.11. The summed E-state index contributed by atoms with van der Waals surface area (Å²) in [6.45, 7) is 5.83. The van der Waals surface area contributed by atoms with Crippen LogP contribution in [0, 0.1) is 41.3 Å². The van der Waals surface area contributed by atoms with E-state index < -0.39 is 11.9 Å². The zero-order valence-corrected chi connectivity index (χ0v) is 23.9. The third kappa shape index (κ3) is 5.69. The molecule has 2 N–H and O–H groups in total. The van der Waals surface area contributed by atoms with Gasteiger partial charge in [-0.05, 0) is 62.8 Å². The van der Waals surface area contributed by atoms with Crippen molar-refractivity contribution < 1.29 is 13.9 Å². The van der Waals surface area contributed by atoms with Gasteiger partial charge in [0.1, 0.15) is 30.1 Å². The van der Waals surface area contributed by atoms with Crippen LogP contribution in [-0.2, 0) is 9.53 Å². The number of nitriles is 2. The van der Waals surface area contributed by atoms with E-state index in [1.54, 1.807) is 10.6 Å². The van der Waals surface area contributed by atoms with Crippen molar-refractivity contribution in [2.45, 2.75) is 74.4 Å². The second-order valence-corrected chi connectivity index (χ2v) is 11.7. The zero-order chi connectivity index (χ0) is 29.3. The van der Waals surface area contributed by atoms with Gasteiger partial charge in [0.2, 0.25) is 0 Å². The van der Waals surface area contributed by atoms with Gasteiger partial charge < -0.3 is 10.5 Å². The molecule has 41 heavy (non-hydrogen) atoms. The summed E-state index contributed by atoms with van der Waals surface area (Å²) in [5.74, 6) is -0.800. The lowest BCUT2D eigenvalue weighted by atomic mass is 9.92. The Bertz CT molecular complexity index is 1690. The number of nitrogens with zero attached hydrogens (tertiary/aromatic N) is 6. The Balaban J connectivity index is 1.41. The Morgan fingerprint density at radius 3 is 2.51 bits per heavy atom. The molecule has 9 nitrogen and oxygen atoms in total. The van der Waals surface area contributed by atoms with Gasteiger partial charge in [-0.25, -0.2) is 8.91 Å². The maximum Gasteiger partial charge on any atom is 0.323 e. The molecule has 4 aromatic rings. The maximum atomic E-state index is 13.8. The topological polar surface area (TPSA) is 135 Å². The molecule has 0 radical (unpaired) electrons. The molecule has 3 heterocycles. The van der Waals surface area contributed by atoms with Gasteiger partial charge in [0.25, 0.3) is 0 Å². The largest absolute Gasteiger partial charge is 0.461 e. The second-order valence-electron chi connectivity index (χ2n) is 10.6. The number of hydrogen-bond donors (Lipinski definition) is 1. The van der Waals surface area contributed by atoms with E-state index in [0.29, 0.717) is 20.9 Å². The Morgan fingerprint density at radius 2 is 1.83 bits per heavy atom. The van der Waals surface area contributed by atoms with Crippen LogP contribution in [0.15, 0.2) is 52.6 Å². The number of carbonyl (C=O) groups excluding carboxylic acids is 1. The maximum absolute atomic E-state index is 13.8. The lowest BCUT2D eigenvalue weighted by Crippen LogP contribution is -2.39. The van der Waals surface area contributed by atoms with E-state index in [1.807, 2.05) is 43.9 Å². The van der Waals surface area contributed by atoms with E-state index in [-0.39, 0.29) is 29.6 Å². The molecule has 1 saturated carbocycles. The minimum Gasteiger partial charge on any atom is -0.461 e. The van der Waals surface area contributed by atoms with E-state index in [9.17, 15) is 19.7 Å². The molecule has 0 bridgehead atoms. The number of hydrogen-bond acceptors (Lipinski definition) is 8. The van der Waals surface area contributed by atoms with E-state index in [1.165, 1.54) is 30.1 Å². The van der Waals surface area contributed by atoms with E-state index in [4.69, 9.17) is 15.6 Å². The highest BCUT2D eigenvalue weighted by Gasteiger charge is 2.29. The number of nitrogens with two attached hydrogens (primary N) is 1. The number of benzene rings is 1. The number of pyridine rings is 1. The zero-order valence-electron chi connectivity index (χ0n) is 23.0. The minimum atomic E-state index is -0.613. The van der Waals surface area contributed by atoms with Crippen molar-refractivity contribution in [3.05, 3.63) is 65.5 Å². The van der Waals surface area contributed by atoms with Gasteiger partial charge in [-0.2, -0.15) is 20.7 Å². The quantitative estimate of drug-likeness (QED) is 0.285. The van der Waals surface area contributed by atoms with Crippen molar-refractivity contribution in [1.82, 2.24) is 19.4 Å². The molecule has 0 amide bonds. The number of fused-ring (bicyclic) bond motifs is 1. The van der Waals surface area contributed by atoms with E-state index in [0.717, 1.165) is 42.5 Å². The monoisotopic (exact) mass is 571 g/mol. The third-order valence-corrected chi connectivity index (χ3v) is 8.70. The van der Waals surface area contributed by atoms with Crippen molar-refractivity contribution >= 4 is 23.2 Å². The first-order valence-electron chi connectivity index (χ1n) is 13.5. The fraction of sp³-hybridized carbons (Fsp3) is 0.367. The van der Waals surface area contributed by atoms with Crippen LogP contribution in [0.2, 0.25) is 0 Å². The van der Waals surface area contributed by atoms with Crippen LogP contribution < -0.4 is 5.73 Å². The highest BCUT2D eigenvalue weighted by Crippen LogP contribution is 2.39. The Hall–Kier alpha value is -4.19. The summed E-state index contributed by atoms with van der Waals surface area (Å²) >= 11 is 1.29. The average molecular weight is 572 g/mol. The Morgan fingerprint density at radius 1 is 1.10 bits per heavy atom. The Labute approximate surface area is 241 Å². The first kappa shape index (κ1) is 28.3. The van der Waals surface area contributed by atoms with Crippen molar-refractivity contribution in [2.24, 2.45) is 11.7 Å². The molecule has 1 fully saturated rings. The molecule has 5 rings (SSSR count). The molecule has 0 aliphatic heterocycles. The molecule has 210 valence electrons. The summed E-state index contributed by atoms with van der Waals surface area (Å²) in [5, 5.41) is 28.4. The number of esters is 1. The first-order valence-corrected chi connectivity index (χ1v) is 14.3. The fourth-order valence-corrected chi connectivity index (χ4v) is 6.26. The minimum absolute atomic E-state index is 0.0273. The lowest BCUT2D eigenvalue weighted by molar-refractivity contribution is -0.153. The van der Waals surface area contributed by atoms with Crippen LogP contribution in [0.4, 0.5) is 4.39 Å². The van der Waals surface area contributed by atoms with Crippen LogP contribution >= 0.6 is 11.8 Å². The molecular weight excluding hydrogens is 541 g/mol. The van der Waals surface area contributed by atoms with Gasteiger partial charge in [-0.1, -0.05) is 25.6 Å². The molecule has 0 unspecified atom stereocenters. The number of ether oxygens (including phenoxy) is 1. The van der Waals surface area contributed by atoms with Gasteiger partial charge >= 0.3 is 5.97 Å². The van der Waals surface area contributed by atoms with Gasteiger partial charge in [0, 0.05) is 32.8 Å². The van der Waals surface area contributed by atoms with Crippen molar-refractivity contribution in [3.8, 4) is 23.3 Å². The number of halogens is 1. The average Bonchev–Trinajstić information content (AvgIpc) is 3.57. The predicted octanol–water partition coefficient (Wildman–Crippen LogP) is 5.55. The molecule has 0 spiro atoms. The van der Waals surface area contributed by atoms with Crippen LogP contribution in [-0.4, -0.2) is 37.5 Å². The number of carbonyl (C=O) groups is 1. The van der Waals surface area contributed by atoms with Crippen molar-refractivity contribution in [3.63, 3.8) is 0 Å². The van der Waals surface area contributed by atoms with Gasteiger partial charge in [-0.15, -0.1) is 0 Å². The summed E-state index contributed by atoms with van der Waals surface area (Å²) in [5.41, 5.74) is 9.93. The first-order chi connectivity index (χ1) is 19.7. The molecule has 3 aromatic heterocycles. The van der Waals surface area contributed by atoms with Gasteiger partial charge in [0.15, 0.2) is 0 Å². The highest BCUT2D eigenvalue weighted by molar-refractivity contribution is 7.99. The van der Waals surface area contributed by atoms with Crippen LogP contribution in [0.1, 0.15) is 62.4 Å². The lowest BCUT2D eigenvalue weighted by Gasteiger charge is -2.30. The molecule has 1 aliphatic carbocycles. The summed E-state index contributed by atoms with van der Waals surface area (Å²) in [6, 6.07) is 9.82. The highest BCUT2D eigenvalue weighted by atomic mass is 32.2. The predicted molar refractivity (Wildman–Crippen MR) is 151 cm³/mol. The molecule has 0 saturated heterocycles. The van der Waals surface area contributed by atoms with Crippen LogP contribution in [0.5, 0.6) is 0 Å². The summed E-state index contributed by atoms with van der Waals surface area (Å²) in [7, 11) is 0. The molecule has 11 heteroatoms. The van der Waals surface area contributed by atoms with E-state index in [2.05, 4.69) is 17.2 Å². The van der Waals surface area contributed by atoms with Crippen LogP contribution in [0.25, 0.3) is 16.6 Å². The summed E-state index contributed by atoms with van der Waals surface area (Å²) in [6.07, 6.45) is 8.18. The van der Waals surface area contributed by atoms with Crippen LogP contribution in [0.3, 0.4) is 0 Å². The SMILES string of the molecule is Cc1c(-c2cc(Sc3ccc(F)cc3C#N)c3c(C#N)cnn3c2)cnn1[C@H]1CC[C@H](OC(=O)[C@@H](N)C(C)C)CC1. The van der Waals surface area contributed by atoms with Crippen molar-refractivity contribution in [2.75, 3.05) is 0 Å². The van der Waals surface area contributed by atoms with Crippen molar-refractivity contribution in [1.29, 1.82) is 10.5 Å². The summed E-state index contributed by atoms with van der Waals surface area (Å²) in [4.78, 5) is 13.6. The normalized spacial score (nSPS) is 17.8. The molecular formula is C30H30FN7O2S. The number of aromatic nitrogens is 4. The summed E-state index contributed by atoms with van der Waals surface area (Å²) < 4.78 is 23.1. The third-order valence-electron chi connectivity index (χ3n) is 7.60. The molecule has 1 atom stereocenters. The van der Waals surface area contributed by atoms with Gasteiger partial charge in [-0.3, -0.25) is 9.48 Å². The van der Waals surface area contributed by atoms with Gasteiger partial charge in [0.05, 0.1) is 35.1 Å². The standard InChI is InChI=1S/C30H30FN7O2S/c1-17(2)28(34)30(39)40-24-7-5-23(6-8-24)38-18(3)25(15-36-38)20-11-27(29-21(13-33)14-35-37(29)16-20)41-26-9-4-22(31)10-19(26)12-32/h4,9-11,14-17,23-24,28H,5-8,34H2,1-3H3/t23-,24-,28-/m0/s1. The second kappa shape index (κ2) is 11.7. The molecule has 1 aromatic carbocycles. The fourth-order valence-electron chi connectivity index (χ4n) is 5.19. The smallest absolute Gasteiger partial charge is 0.323 e. The number of rotatable bonds is 7. The van der Waals surface area contributed by atoms with E-state index >= 15 is 0 Å².